The Morgan fingerprint density at radius 3 is 2.84 bits per heavy atom. The normalized spacial score (nSPS) is 16.8. The number of nitrogens with zero attached hydrogens (tertiary/aromatic N) is 2. The number of hydrogen-bond acceptors (Lipinski definition) is 4. The van der Waals surface area contributed by atoms with Crippen molar-refractivity contribution < 1.29 is 4.74 Å². The van der Waals surface area contributed by atoms with Crippen molar-refractivity contribution in [2.75, 3.05) is 11.9 Å². The SMILES string of the molecule is c1cc2c(cc1-c1ccc(NC3CC3)nn1)CCO2. The zero-order chi connectivity index (χ0) is 12.7. The van der Waals surface area contributed by atoms with Gasteiger partial charge in [0.05, 0.1) is 12.3 Å². The molecule has 0 radical (unpaired) electrons. The molecule has 1 aromatic heterocycles. The van der Waals surface area contributed by atoms with Crippen LogP contribution in [0.2, 0.25) is 0 Å². The zero-order valence-electron chi connectivity index (χ0n) is 10.6. The number of hydrogen-bond donors (Lipinski definition) is 1. The van der Waals surface area contributed by atoms with Crippen molar-refractivity contribution in [1.82, 2.24) is 10.2 Å². The highest BCUT2D eigenvalue weighted by Gasteiger charge is 2.21. The van der Waals surface area contributed by atoms with Gasteiger partial charge in [0.25, 0.3) is 0 Å². The highest BCUT2D eigenvalue weighted by atomic mass is 16.5. The summed E-state index contributed by atoms with van der Waals surface area (Å²) in [5.74, 6) is 1.87. The third-order valence-electron chi connectivity index (χ3n) is 3.58. The van der Waals surface area contributed by atoms with Gasteiger partial charge >= 0.3 is 0 Å². The van der Waals surface area contributed by atoms with Crippen LogP contribution >= 0.6 is 0 Å². The smallest absolute Gasteiger partial charge is 0.148 e. The molecule has 4 heteroatoms. The second-order valence-corrected chi connectivity index (χ2v) is 5.14. The van der Waals surface area contributed by atoms with Gasteiger partial charge in [0, 0.05) is 18.0 Å². The van der Waals surface area contributed by atoms with Crippen LogP contribution < -0.4 is 10.1 Å². The Kier molecular flexibility index (Phi) is 2.40. The first kappa shape index (κ1) is 10.8. The van der Waals surface area contributed by atoms with Crippen molar-refractivity contribution >= 4 is 5.82 Å². The molecule has 1 N–H and O–H groups in total. The summed E-state index contributed by atoms with van der Waals surface area (Å²) in [5, 5.41) is 11.9. The van der Waals surface area contributed by atoms with E-state index in [1.54, 1.807) is 0 Å². The number of fused-ring (bicyclic) bond motifs is 1. The van der Waals surface area contributed by atoms with Gasteiger partial charge in [0.1, 0.15) is 11.6 Å². The van der Waals surface area contributed by atoms with Gasteiger partial charge in [-0.15, -0.1) is 10.2 Å². The second-order valence-electron chi connectivity index (χ2n) is 5.14. The van der Waals surface area contributed by atoms with Gasteiger partial charge in [-0.3, -0.25) is 0 Å². The monoisotopic (exact) mass is 253 g/mol. The third kappa shape index (κ3) is 2.14. The quantitative estimate of drug-likeness (QED) is 0.913. The molecule has 2 aliphatic rings. The van der Waals surface area contributed by atoms with Crippen LogP contribution in [0.5, 0.6) is 5.75 Å². The number of ether oxygens (including phenoxy) is 1. The summed E-state index contributed by atoms with van der Waals surface area (Å²) in [6, 6.07) is 10.9. The molecule has 2 aromatic rings. The molecule has 1 aromatic carbocycles. The predicted molar refractivity (Wildman–Crippen MR) is 73.3 cm³/mol. The van der Waals surface area contributed by atoms with Crippen LogP contribution in [0.25, 0.3) is 11.3 Å². The second kappa shape index (κ2) is 4.23. The Morgan fingerprint density at radius 2 is 2.05 bits per heavy atom. The minimum atomic E-state index is 0.609. The van der Waals surface area contributed by atoms with Crippen LogP contribution in [0.1, 0.15) is 18.4 Å². The summed E-state index contributed by atoms with van der Waals surface area (Å²) >= 11 is 0. The van der Waals surface area contributed by atoms with Gasteiger partial charge < -0.3 is 10.1 Å². The Labute approximate surface area is 111 Å². The maximum absolute atomic E-state index is 5.51. The number of anilines is 1. The van der Waals surface area contributed by atoms with E-state index in [1.165, 1.54) is 18.4 Å². The van der Waals surface area contributed by atoms with Crippen LogP contribution in [-0.4, -0.2) is 22.8 Å². The lowest BCUT2D eigenvalue weighted by Gasteiger charge is -2.05. The van der Waals surface area contributed by atoms with Crippen molar-refractivity contribution in [3.8, 4) is 17.0 Å². The molecule has 96 valence electrons. The number of nitrogens with one attached hydrogen (secondary N) is 1. The summed E-state index contributed by atoms with van der Waals surface area (Å²) < 4.78 is 5.51. The molecule has 0 unspecified atom stereocenters. The van der Waals surface area contributed by atoms with Gasteiger partial charge in [0.15, 0.2) is 0 Å². The summed E-state index contributed by atoms with van der Waals surface area (Å²) in [4.78, 5) is 0. The van der Waals surface area contributed by atoms with Crippen LogP contribution in [0.4, 0.5) is 5.82 Å². The van der Waals surface area contributed by atoms with E-state index < -0.39 is 0 Å². The van der Waals surface area contributed by atoms with E-state index in [0.717, 1.165) is 35.9 Å². The molecule has 4 nitrogen and oxygen atoms in total. The lowest BCUT2D eigenvalue weighted by Crippen LogP contribution is -2.03. The number of benzene rings is 1. The standard InChI is InChI=1S/C15H15N3O/c1-5-14-11(7-8-19-14)9-10(1)13-4-6-15(18-17-13)16-12-2-3-12/h1,4-6,9,12H,2-3,7-8H2,(H,16,18). The average molecular weight is 253 g/mol. The fourth-order valence-electron chi connectivity index (χ4n) is 2.35. The molecule has 2 heterocycles. The Hall–Kier alpha value is -2.10. The number of rotatable bonds is 3. The summed E-state index contributed by atoms with van der Waals surface area (Å²) in [6.07, 6.45) is 3.47. The summed E-state index contributed by atoms with van der Waals surface area (Å²) in [5.41, 5.74) is 3.28. The van der Waals surface area contributed by atoms with Crippen molar-refractivity contribution in [3.05, 3.63) is 35.9 Å². The summed E-state index contributed by atoms with van der Waals surface area (Å²) in [6.45, 7) is 0.786. The van der Waals surface area contributed by atoms with Crippen molar-refractivity contribution in [2.45, 2.75) is 25.3 Å². The van der Waals surface area contributed by atoms with E-state index in [4.69, 9.17) is 4.74 Å². The fraction of sp³-hybridized carbons (Fsp3) is 0.333. The van der Waals surface area contributed by atoms with E-state index in [1.807, 2.05) is 24.3 Å². The van der Waals surface area contributed by atoms with Gasteiger partial charge in [0.2, 0.25) is 0 Å². The molecule has 1 saturated carbocycles. The molecule has 0 amide bonds. The number of aromatic nitrogens is 2. The zero-order valence-corrected chi connectivity index (χ0v) is 10.6. The third-order valence-corrected chi connectivity index (χ3v) is 3.58. The Morgan fingerprint density at radius 1 is 1.11 bits per heavy atom. The lowest BCUT2D eigenvalue weighted by molar-refractivity contribution is 0.357. The van der Waals surface area contributed by atoms with Gasteiger partial charge in [-0.1, -0.05) is 0 Å². The van der Waals surface area contributed by atoms with E-state index >= 15 is 0 Å². The molecule has 1 aliphatic carbocycles. The first-order valence-corrected chi connectivity index (χ1v) is 6.75. The minimum absolute atomic E-state index is 0.609. The Balaban J connectivity index is 1.60. The van der Waals surface area contributed by atoms with Gasteiger partial charge in [-0.25, -0.2) is 0 Å². The van der Waals surface area contributed by atoms with Crippen LogP contribution in [0.3, 0.4) is 0 Å². The molecule has 0 saturated heterocycles. The van der Waals surface area contributed by atoms with Crippen molar-refractivity contribution in [1.29, 1.82) is 0 Å². The molecule has 4 rings (SSSR count). The molecular weight excluding hydrogens is 238 g/mol. The van der Waals surface area contributed by atoms with Crippen LogP contribution in [0, 0.1) is 0 Å². The first-order valence-electron chi connectivity index (χ1n) is 6.75. The van der Waals surface area contributed by atoms with E-state index in [9.17, 15) is 0 Å². The molecule has 1 fully saturated rings. The van der Waals surface area contributed by atoms with Crippen LogP contribution in [0.15, 0.2) is 30.3 Å². The van der Waals surface area contributed by atoms with Crippen molar-refractivity contribution in [2.24, 2.45) is 0 Å². The molecule has 0 bridgehead atoms. The van der Waals surface area contributed by atoms with E-state index in [-0.39, 0.29) is 0 Å². The maximum atomic E-state index is 5.51. The Bertz CT molecular complexity index is 605. The molecule has 0 spiro atoms. The average Bonchev–Trinajstić information content (AvgIpc) is 3.14. The molecule has 19 heavy (non-hydrogen) atoms. The van der Waals surface area contributed by atoms with Gasteiger partial charge in [-0.2, -0.15) is 0 Å². The van der Waals surface area contributed by atoms with E-state index in [2.05, 4.69) is 21.6 Å². The minimum Gasteiger partial charge on any atom is -0.493 e. The molecule has 0 atom stereocenters. The first-order chi connectivity index (χ1) is 9.38. The van der Waals surface area contributed by atoms with E-state index in [0.29, 0.717) is 6.04 Å². The molecule has 1 aliphatic heterocycles. The highest BCUT2D eigenvalue weighted by Crippen LogP contribution is 2.30. The topological polar surface area (TPSA) is 47.0 Å². The van der Waals surface area contributed by atoms with Crippen LogP contribution in [-0.2, 0) is 6.42 Å². The molecular formula is C15H15N3O. The highest BCUT2D eigenvalue weighted by molar-refractivity contribution is 5.63. The van der Waals surface area contributed by atoms with Crippen molar-refractivity contribution in [3.63, 3.8) is 0 Å². The fourth-order valence-corrected chi connectivity index (χ4v) is 2.35. The largest absolute Gasteiger partial charge is 0.493 e. The predicted octanol–water partition coefficient (Wildman–Crippen LogP) is 2.65. The summed E-state index contributed by atoms with van der Waals surface area (Å²) in [7, 11) is 0. The maximum Gasteiger partial charge on any atom is 0.148 e. The van der Waals surface area contributed by atoms with Gasteiger partial charge in [-0.05, 0) is 48.7 Å². The lowest BCUT2D eigenvalue weighted by atomic mass is 10.1.